The highest BCUT2D eigenvalue weighted by Gasteiger charge is 2.29. The summed E-state index contributed by atoms with van der Waals surface area (Å²) in [4.78, 5) is 23.3. The maximum atomic E-state index is 12.4. The quantitative estimate of drug-likeness (QED) is 0.557. The molecule has 0 atom stereocenters. The average Bonchev–Trinajstić information content (AvgIpc) is 2.52. The predicted octanol–water partition coefficient (Wildman–Crippen LogP) is 2.35. The lowest BCUT2D eigenvalue weighted by Gasteiger charge is -2.15. The molecule has 0 aliphatic rings. The second kappa shape index (κ2) is 9.11. The molecular weight excluding hydrogens is 329 g/mol. The van der Waals surface area contributed by atoms with Crippen LogP contribution in [0, 0.1) is 0 Å². The first kappa shape index (κ1) is 19.8. The first-order valence-electron chi connectivity index (χ1n) is 7.13. The summed E-state index contributed by atoms with van der Waals surface area (Å²) in [5.41, 5.74) is 0.0733. The molecule has 0 unspecified atom stereocenters. The van der Waals surface area contributed by atoms with Crippen LogP contribution in [0.1, 0.15) is 23.2 Å². The van der Waals surface area contributed by atoms with Crippen LogP contribution in [0.2, 0.25) is 0 Å². The van der Waals surface area contributed by atoms with Gasteiger partial charge in [-0.3, -0.25) is 4.79 Å². The smallest absolute Gasteiger partial charge is 0.422 e. The van der Waals surface area contributed by atoms with Crippen molar-refractivity contribution >= 4 is 17.6 Å². The molecule has 2 N–H and O–H groups in total. The van der Waals surface area contributed by atoms with Crippen LogP contribution < -0.4 is 15.4 Å². The Bertz CT molecular complexity index is 576. The molecule has 0 spiro atoms. The number of halogens is 3. The Morgan fingerprint density at radius 1 is 1.25 bits per heavy atom. The zero-order chi connectivity index (χ0) is 18.2. The summed E-state index contributed by atoms with van der Waals surface area (Å²) in [6.45, 7) is -0.910. The molecule has 0 saturated heterocycles. The minimum absolute atomic E-state index is 0.0165. The fourth-order valence-corrected chi connectivity index (χ4v) is 1.79. The van der Waals surface area contributed by atoms with Gasteiger partial charge in [-0.05, 0) is 38.2 Å². The zero-order valence-corrected chi connectivity index (χ0v) is 13.3. The van der Waals surface area contributed by atoms with Gasteiger partial charge in [0.15, 0.2) is 6.61 Å². The molecule has 0 aromatic heterocycles. The van der Waals surface area contributed by atoms with Crippen molar-refractivity contribution in [1.29, 1.82) is 0 Å². The fourth-order valence-electron chi connectivity index (χ4n) is 1.79. The molecule has 0 heterocycles. The van der Waals surface area contributed by atoms with E-state index in [2.05, 4.69) is 15.4 Å². The van der Waals surface area contributed by atoms with Gasteiger partial charge in [-0.2, -0.15) is 13.2 Å². The highest BCUT2D eigenvalue weighted by molar-refractivity contribution is 5.95. The maximum absolute atomic E-state index is 12.4. The van der Waals surface area contributed by atoms with Gasteiger partial charge in [0.05, 0.1) is 18.4 Å². The van der Waals surface area contributed by atoms with Crippen LogP contribution in [0.3, 0.4) is 0 Å². The lowest BCUT2D eigenvalue weighted by molar-refractivity contribution is -0.153. The molecule has 0 aliphatic heterocycles. The van der Waals surface area contributed by atoms with E-state index in [0.29, 0.717) is 13.0 Å². The number of benzene rings is 1. The molecule has 0 saturated carbocycles. The van der Waals surface area contributed by atoms with Crippen LogP contribution in [-0.4, -0.2) is 45.4 Å². The monoisotopic (exact) mass is 348 g/mol. The van der Waals surface area contributed by atoms with Crippen molar-refractivity contribution in [2.75, 3.05) is 32.6 Å². The number of hydrogen-bond donors (Lipinski definition) is 2. The van der Waals surface area contributed by atoms with Crippen molar-refractivity contribution in [3.05, 3.63) is 23.8 Å². The molecule has 0 aliphatic carbocycles. The van der Waals surface area contributed by atoms with Gasteiger partial charge in [0.2, 0.25) is 5.91 Å². The number of carbonyl (C=O) groups excluding carboxylic acids is 2. The van der Waals surface area contributed by atoms with Crippen LogP contribution in [0.15, 0.2) is 18.2 Å². The molecule has 9 heteroatoms. The van der Waals surface area contributed by atoms with Gasteiger partial charge < -0.3 is 20.1 Å². The minimum atomic E-state index is -4.55. The van der Waals surface area contributed by atoms with Crippen molar-refractivity contribution in [1.82, 2.24) is 5.32 Å². The third-order valence-corrected chi connectivity index (χ3v) is 2.90. The first-order chi connectivity index (χ1) is 11.3. The lowest BCUT2D eigenvalue weighted by Crippen LogP contribution is -2.21. The number of hydrogen-bond acceptors (Lipinski definition) is 5. The standard InChI is InChI=1S/C15H19F3N2O4/c1-19-7-3-4-13(21)20-11-6-5-10(14(22)23-2)8-12(11)24-9-15(16,17)18/h5-6,8,19H,3-4,7,9H2,1-2H3,(H,20,21). The van der Waals surface area contributed by atoms with Crippen LogP contribution in [-0.2, 0) is 9.53 Å². The number of ether oxygens (including phenoxy) is 2. The van der Waals surface area contributed by atoms with Crippen molar-refractivity contribution in [2.24, 2.45) is 0 Å². The van der Waals surface area contributed by atoms with Gasteiger partial charge in [0, 0.05) is 6.42 Å². The summed E-state index contributed by atoms with van der Waals surface area (Å²) in [7, 11) is 2.89. The summed E-state index contributed by atoms with van der Waals surface area (Å²) in [5, 5.41) is 5.36. The number of carbonyl (C=O) groups is 2. The Hall–Kier alpha value is -2.29. The Morgan fingerprint density at radius 3 is 2.54 bits per heavy atom. The SMILES string of the molecule is CNCCCC(=O)Nc1ccc(C(=O)OC)cc1OCC(F)(F)F. The fraction of sp³-hybridized carbons (Fsp3) is 0.467. The molecule has 134 valence electrons. The zero-order valence-electron chi connectivity index (χ0n) is 13.3. The van der Waals surface area contributed by atoms with E-state index in [1.807, 2.05) is 0 Å². The molecule has 0 radical (unpaired) electrons. The second-order valence-corrected chi connectivity index (χ2v) is 4.86. The molecule has 6 nitrogen and oxygen atoms in total. The van der Waals surface area contributed by atoms with Crippen LogP contribution in [0.25, 0.3) is 0 Å². The third-order valence-electron chi connectivity index (χ3n) is 2.90. The number of alkyl halides is 3. The summed E-state index contributed by atoms with van der Waals surface area (Å²) in [6.07, 6.45) is -3.78. The maximum Gasteiger partial charge on any atom is 0.422 e. The summed E-state index contributed by atoms with van der Waals surface area (Å²) in [5.74, 6) is -1.34. The van der Waals surface area contributed by atoms with Crippen molar-refractivity contribution < 1.29 is 32.2 Å². The van der Waals surface area contributed by atoms with E-state index in [0.717, 1.165) is 13.2 Å². The van der Waals surface area contributed by atoms with Crippen LogP contribution in [0.4, 0.5) is 18.9 Å². The van der Waals surface area contributed by atoms with Gasteiger partial charge >= 0.3 is 12.1 Å². The molecule has 0 bridgehead atoms. The van der Waals surface area contributed by atoms with Crippen LogP contribution >= 0.6 is 0 Å². The highest BCUT2D eigenvalue weighted by Crippen LogP contribution is 2.28. The number of amides is 1. The molecule has 1 amide bonds. The van der Waals surface area contributed by atoms with Gasteiger partial charge in [0.25, 0.3) is 0 Å². The molecule has 1 rings (SSSR count). The van der Waals surface area contributed by atoms with Crippen molar-refractivity contribution in [3.8, 4) is 5.75 Å². The molecule has 24 heavy (non-hydrogen) atoms. The first-order valence-corrected chi connectivity index (χ1v) is 7.13. The largest absolute Gasteiger partial charge is 0.482 e. The number of nitrogens with one attached hydrogen (secondary N) is 2. The second-order valence-electron chi connectivity index (χ2n) is 4.86. The average molecular weight is 348 g/mol. The third kappa shape index (κ3) is 6.86. The van der Waals surface area contributed by atoms with Crippen molar-refractivity contribution in [2.45, 2.75) is 19.0 Å². The van der Waals surface area contributed by atoms with Crippen molar-refractivity contribution in [3.63, 3.8) is 0 Å². The Morgan fingerprint density at radius 2 is 1.96 bits per heavy atom. The Balaban J connectivity index is 2.91. The van der Waals surface area contributed by atoms with E-state index in [4.69, 9.17) is 4.74 Å². The lowest BCUT2D eigenvalue weighted by atomic mass is 10.2. The number of esters is 1. The number of rotatable bonds is 8. The molecular formula is C15H19F3N2O4. The summed E-state index contributed by atoms with van der Waals surface area (Å²) >= 11 is 0. The Kier molecular flexibility index (Phi) is 7.50. The Labute approximate surface area is 137 Å². The number of methoxy groups -OCH3 is 1. The molecule has 1 aromatic rings. The van der Waals surface area contributed by atoms with E-state index in [-0.39, 0.29) is 29.3 Å². The van der Waals surface area contributed by atoms with E-state index in [1.165, 1.54) is 12.1 Å². The predicted molar refractivity (Wildman–Crippen MR) is 81.1 cm³/mol. The normalized spacial score (nSPS) is 11.0. The number of anilines is 1. The van der Waals surface area contributed by atoms with Gasteiger partial charge in [-0.15, -0.1) is 0 Å². The van der Waals surface area contributed by atoms with Gasteiger partial charge in [-0.1, -0.05) is 0 Å². The molecule has 0 fully saturated rings. The summed E-state index contributed by atoms with van der Waals surface area (Å²) < 4.78 is 46.3. The van der Waals surface area contributed by atoms with E-state index >= 15 is 0 Å². The van der Waals surface area contributed by atoms with E-state index in [1.54, 1.807) is 7.05 Å². The van der Waals surface area contributed by atoms with Crippen LogP contribution in [0.5, 0.6) is 5.75 Å². The van der Waals surface area contributed by atoms with Gasteiger partial charge in [0.1, 0.15) is 5.75 Å². The van der Waals surface area contributed by atoms with E-state index < -0.39 is 18.8 Å². The highest BCUT2D eigenvalue weighted by atomic mass is 19.4. The van der Waals surface area contributed by atoms with E-state index in [9.17, 15) is 22.8 Å². The molecule has 1 aromatic carbocycles. The topological polar surface area (TPSA) is 76.7 Å². The summed E-state index contributed by atoms with van der Waals surface area (Å²) in [6, 6.07) is 3.73. The minimum Gasteiger partial charge on any atom is -0.482 e. The van der Waals surface area contributed by atoms with Gasteiger partial charge in [-0.25, -0.2) is 4.79 Å².